The summed E-state index contributed by atoms with van der Waals surface area (Å²) in [7, 11) is 0. The number of hydrogen-bond donors (Lipinski definition) is 1. The molecule has 2 heterocycles. The maximum absolute atomic E-state index is 12.1. The smallest absolute Gasteiger partial charge is 0.401 e. The first kappa shape index (κ1) is 15.3. The molecule has 1 aromatic rings. The van der Waals surface area contributed by atoms with Crippen molar-refractivity contribution in [2.45, 2.75) is 12.6 Å². The summed E-state index contributed by atoms with van der Waals surface area (Å²) < 4.78 is 47.4. The van der Waals surface area contributed by atoms with Gasteiger partial charge >= 0.3 is 6.18 Å². The Hall–Kier alpha value is -1.63. The highest BCUT2D eigenvalue weighted by molar-refractivity contribution is 5.57. The molecule has 0 spiro atoms. The van der Waals surface area contributed by atoms with Crippen molar-refractivity contribution in [1.29, 1.82) is 0 Å². The Morgan fingerprint density at radius 2 is 1.95 bits per heavy atom. The highest BCUT2D eigenvalue weighted by Crippen LogP contribution is 2.35. The van der Waals surface area contributed by atoms with Crippen LogP contribution in [0.1, 0.15) is 6.42 Å². The minimum Gasteiger partial charge on any atom is -0.486 e. The molecule has 2 aliphatic heterocycles. The van der Waals surface area contributed by atoms with E-state index in [-0.39, 0.29) is 5.92 Å². The zero-order valence-electron chi connectivity index (χ0n) is 12.2. The fraction of sp³-hybridized carbons (Fsp3) is 0.600. The van der Waals surface area contributed by atoms with E-state index in [2.05, 4.69) is 10.2 Å². The molecule has 1 aromatic carbocycles. The van der Waals surface area contributed by atoms with E-state index in [4.69, 9.17) is 9.47 Å². The van der Waals surface area contributed by atoms with Crippen molar-refractivity contribution in [2.75, 3.05) is 44.3 Å². The van der Waals surface area contributed by atoms with Gasteiger partial charge in [-0.05, 0) is 24.5 Å². The molecule has 0 aromatic heterocycles. The van der Waals surface area contributed by atoms with Gasteiger partial charge in [0.1, 0.15) is 13.2 Å². The van der Waals surface area contributed by atoms with Gasteiger partial charge in [-0.15, -0.1) is 0 Å². The zero-order valence-corrected chi connectivity index (χ0v) is 12.2. The largest absolute Gasteiger partial charge is 0.486 e. The molecule has 1 atom stereocenters. The normalized spacial score (nSPS) is 21.2. The number of fused-ring (bicyclic) bond motifs is 1. The summed E-state index contributed by atoms with van der Waals surface area (Å²) in [6.07, 6.45) is -3.26. The molecular weight excluding hydrogens is 297 g/mol. The number of ether oxygens (including phenoxy) is 2. The molecule has 22 heavy (non-hydrogen) atoms. The van der Waals surface area contributed by atoms with Crippen LogP contribution in [-0.4, -0.2) is 45.6 Å². The van der Waals surface area contributed by atoms with Crippen LogP contribution in [0, 0.1) is 5.92 Å². The van der Waals surface area contributed by atoms with Gasteiger partial charge in [-0.25, -0.2) is 0 Å². The average molecular weight is 316 g/mol. The van der Waals surface area contributed by atoms with Crippen LogP contribution in [-0.2, 0) is 0 Å². The van der Waals surface area contributed by atoms with Gasteiger partial charge in [0.25, 0.3) is 0 Å². The Labute approximate surface area is 127 Å². The fourth-order valence-corrected chi connectivity index (χ4v) is 2.88. The summed E-state index contributed by atoms with van der Waals surface area (Å²) >= 11 is 0. The second kappa shape index (κ2) is 6.24. The number of rotatable bonds is 4. The molecule has 1 saturated heterocycles. The molecule has 0 radical (unpaired) electrons. The third-order valence-corrected chi connectivity index (χ3v) is 3.94. The lowest BCUT2D eigenvalue weighted by molar-refractivity contribution is -0.125. The molecule has 1 N–H and O–H groups in total. The molecule has 0 saturated carbocycles. The molecule has 0 amide bonds. The van der Waals surface area contributed by atoms with E-state index in [9.17, 15) is 13.2 Å². The summed E-state index contributed by atoms with van der Waals surface area (Å²) in [6.45, 7) is 2.17. The Kier molecular flexibility index (Phi) is 4.33. The Bertz CT molecular complexity index is 522. The number of nitrogens with zero attached hydrogens (tertiary/aromatic N) is 1. The first-order chi connectivity index (χ1) is 10.5. The second-order valence-corrected chi connectivity index (χ2v) is 5.67. The van der Waals surface area contributed by atoms with Crippen molar-refractivity contribution >= 4 is 5.69 Å². The summed E-state index contributed by atoms with van der Waals surface area (Å²) in [6, 6.07) is 5.80. The molecule has 2 aliphatic rings. The maximum Gasteiger partial charge on any atom is 0.401 e. The molecule has 3 rings (SSSR count). The number of anilines is 1. The summed E-state index contributed by atoms with van der Waals surface area (Å²) in [5.41, 5.74) is 1.03. The number of hydrogen-bond acceptors (Lipinski definition) is 4. The van der Waals surface area contributed by atoms with Crippen molar-refractivity contribution in [1.82, 2.24) is 5.32 Å². The lowest BCUT2D eigenvalue weighted by atomic mass is 10.1. The first-order valence-corrected chi connectivity index (χ1v) is 7.43. The van der Waals surface area contributed by atoms with Gasteiger partial charge < -0.3 is 19.7 Å². The standard InChI is InChI=1S/C15H19F3N2O2/c16-15(17,18)10-19-8-11-3-4-20(9-11)12-1-2-13-14(7-12)22-6-5-21-13/h1-2,7,11,19H,3-6,8-10H2. The maximum atomic E-state index is 12.1. The third-order valence-electron chi connectivity index (χ3n) is 3.94. The Morgan fingerprint density at radius 1 is 1.18 bits per heavy atom. The van der Waals surface area contributed by atoms with Crippen LogP contribution in [0.4, 0.5) is 18.9 Å². The summed E-state index contributed by atoms with van der Waals surface area (Å²) in [5.74, 6) is 1.72. The molecule has 1 fully saturated rings. The quantitative estimate of drug-likeness (QED) is 0.925. The van der Waals surface area contributed by atoms with Crippen molar-refractivity contribution in [3.8, 4) is 11.5 Å². The van der Waals surface area contributed by atoms with E-state index >= 15 is 0 Å². The van der Waals surface area contributed by atoms with Crippen LogP contribution in [0.3, 0.4) is 0 Å². The summed E-state index contributed by atoms with van der Waals surface area (Å²) in [4.78, 5) is 2.18. The van der Waals surface area contributed by atoms with Crippen molar-refractivity contribution in [3.63, 3.8) is 0 Å². The second-order valence-electron chi connectivity index (χ2n) is 5.67. The van der Waals surface area contributed by atoms with E-state index in [1.54, 1.807) is 0 Å². The highest BCUT2D eigenvalue weighted by Gasteiger charge is 2.28. The summed E-state index contributed by atoms with van der Waals surface area (Å²) in [5, 5.41) is 2.49. The van der Waals surface area contributed by atoms with Crippen molar-refractivity contribution in [3.05, 3.63) is 18.2 Å². The molecule has 0 aliphatic carbocycles. The minimum absolute atomic E-state index is 0.232. The monoisotopic (exact) mass is 316 g/mol. The van der Waals surface area contributed by atoms with E-state index < -0.39 is 12.7 Å². The van der Waals surface area contributed by atoms with Crippen LogP contribution in [0.15, 0.2) is 18.2 Å². The molecule has 0 bridgehead atoms. The first-order valence-electron chi connectivity index (χ1n) is 7.43. The van der Waals surface area contributed by atoms with Crippen LogP contribution in [0.2, 0.25) is 0 Å². The van der Waals surface area contributed by atoms with Crippen molar-refractivity contribution in [2.24, 2.45) is 5.92 Å². The predicted molar refractivity (Wildman–Crippen MR) is 76.7 cm³/mol. The average Bonchev–Trinajstić information content (AvgIpc) is 2.94. The number of benzene rings is 1. The van der Waals surface area contributed by atoms with E-state index in [0.717, 1.165) is 36.7 Å². The SMILES string of the molecule is FC(F)(F)CNCC1CCN(c2ccc3c(c2)OCCO3)C1. The highest BCUT2D eigenvalue weighted by atomic mass is 19.4. The van der Waals surface area contributed by atoms with E-state index in [0.29, 0.717) is 19.8 Å². The van der Waals surface area contributed by atoms with Gasteiger partial charge in [-0.1, -0.05) is 0 Å². The van der Waals surface area contributed by atoms with Gasteiger partial charge in [-0.2, -0.15) is 13.2 Å². The molecule has 7 heteroatoms. The van der Waals surface area contributed by atoms with Crippen molar-refractivity contribution < 1.29 is 22.6 Å². The van der Waals surface area contributed by atoms with Gasteiger partial charge in [0.05, 0.1) is 6.54 Å². The number of alkyl halides is 3. The van der Waals surface area contributed by atoms with Gasteiger partial charge in [0.2, 0.25) is 0 Å². The number of nitrogens with one attached hydrogen (secondary N) is 1. The topological polar surface area (TPSA) is 33.7 Å². The van der Waals surface area contributed by atoms with Crippen LogP contribution < -0.4 is 19.7 Å². The van der Waals surface area contributed by atoms with Crippen LogP contribution >= 0.6 is 0 Å². The van der Waals surface area contributed by atoms with Crippen LogP contribution in [0.25, 0.3) is 0 Å². The number of halogens is 3. The van der Waals surface area contributed by atoms with Gasteiger partial charge in [-0.3, -0.25) is 0 Å². The Balaban J connectivity index is 1.54. The molecule has 1 unspecified atom stereocenters. The minimum atomic E-state index is -4.14. The van der Waals surface area contributed by atoms with Gasteiger partial charge in [0.15, 0.2) is 11.5 Å². The third kappa shape index (κ3) is 3.76. The lowest BCUT2D eigenvalue weighted by Gasteiger charge is -2.23. The lowest BCUT2D eigenvalue weighted by Crippen LogP contribution is -2.33. The Morgan fingerprint density at radius 3 is 2.73 bits per heavy atom. The van der Waals surface area contributed by atoms with Gasteiger partial charge in [0, 0.05) is 31.4 Å². The van der Waals surface area contributed by atoms with E-state index in [1.165, 1.54) is 0 Å². The van der Waals surface area contributed by atoms with E-state index in [1.807, 2.05) is 18.2 Å². The molecular formula is C15H19F3N2O2. The predicted octanol–water partition coefficient (Wildman–Crippen LogP) is 2.44. The molecule has 4 nitrogen and oxygen atoms in total. The molecule has 122 valence electrons. The fourth-order valence-electron chi connectivity index (χ4n) is 2.88. The zero-order chi connectivity index (χ0) is 15.6. The van der Waals surface area contributed by atoms with Crippen LogP contribution in [0.5, 0.6) is 11.5 Å².